The zero-order valence-corrected chi connectivity index (χ0v) is 13.0. The van der Waals surface area contributed by atoms with Crippen LogP contribution in [0, 0.1) is 0 Å². The summed E-state index contributed by atoms with van der Waals surface area (Å²) in [6.07, 6.45) is 6.71. The van der Waals surface area contributed by atoms with Crippen molar-refractivity contribution in [2.75, 3.05) is 13.2 Å². The van der Waals surface area contributed by atoms with E-state index in [4.69, 9.17) is 9.47 Å². The van der Waals surface area contributed by atoms with Gasteiger partial charge in [-0.25, -0.2) is 9.59 Å². The Balaban J connectivity index is 4.66. The van der Waals surface area contributed by atoms with Crippen LogP contribution in [0.3, 0.4) is 0 Å². The summed E-state index contributed by atoms with van der Waals surface area (Å²) in [7, 11) is 0. The number of carbonyl (C=O) groups is 2. The molecule has 20 heavy (non-hydrogen) atoms. The van der Waals surface area contributed by atoms with Crippen LogP contribution in [0.15, 0.2) is 23.3 Å². The molecule has 0 amide bonds. The van der Waals surface area contributed by atoms with Crippen LogP contribution in [0.5, 0.6) is 0 Å². The number of hydrogen-bond acceptors (Lipinski definition) is 4. The van der Waals surface area contributed by atoms with E-state index >= 15 is 0 Å². The zero-order chi connectivity index (χ0) is 15.4. The topological polar surface area (TPSA) is 52.6 Å². The van der Waals surface area contributed by atoms with E-state index in [-0.39, 0.29) is 11.1 Å². The first-order valence-corrected chi connectivity index (χ1v) is 7.29. The lowest BCUT2D eigenvalue weighted by Crippen LogP contribution is -2.17. The Hall–Kier alpha value is -1.58. The van der Waals surface area contributed by atoms with Gasteiger partial charge in [-0.3, -0.25) is 0 Å². The number of esters is 2. The van der Waals surface area contributed by atoms with Crippen LogP contribution in [0.4, 0.5) is 0 Å². The Morgan fingerprint density at radius 3 is 1.40 bits per heavy atom. The van der Waals surface area contributed by atoms with Gasteiger partial charge in [-0.2, -0.15) is 0 Å². The van der Waals surface area contributed by atoms with Gasteiger partial charge in [0.05, 0.1) is 24.4 Å². The van der Waals surface area contributed by atoms with Crippen LogP contribution in [0.2, 0.25) is 0 Å². The summed E-state index contributed by atoms with van der Waals surface area (Å²) in [5.41, 5.74) is 0.537. The standard InChI is InChI=1S/C16H26O4/c1-5-9-11-19-15(17)13(7-3)14(8-4)16(18)20-12-10-6-2/h7-8H,5-6,9-12H2,1-4H3. The predicted molar refractivity (Wildman–Crippen MR) is 79.2 cm³/mol. The van der Waals surface area contributed by atoms with Crippen molar-refractivity contribution in [3.8, 4) is 0 Å². The molecule has 0 atom stereocenters. The Morgan fingerprint density at radius 2 is 1.15 bits per heavy atom. The minimum Gasteiger partial charge on any atom is -0.462 e. The van der Waals surface area contributed by atoms with Crippen LogP contribution >= 0.6 is 0 Å². The second kappa shape index (κ2) is 11.3. The number of rotatable bonds is 9. The quantitative estimate of drug-likeness (QED) is 0.281. The highest BCUT2D eigenvalue weighted by molar-refractivity contribution is 6.06. The number of hydrogen-bond donors (Lipinski definition) is 0. The smallest absolute Gasteiger partial charge is 0.338 e. The first-order valence-electron chi connectivity index (χ1n) is 7.29. The molecule has 0 unspecified atom stereocenters. The lowest BCUT2D eigenvalue weighted by Gasteiger charge is -2.11. The largest absolute Gasteiger partial charge is 0.462 e. The first kappa shape index (κ1) is 18.4. The maximum Gasteiger partial charge on any atom is 0.338 e. The molecule has 0 fully saturated rings. The van der Waals surface area contributed by atoms with E-state index in [0.717, 1.165) is 25.7 Å². The molecule has 0 aliphatic heterocycles. The van der Waals surface area contributed by atoms with Gasteiger partial charge >= 0.3 is 11.9 Å². The predicted octanol–water partition coefficient (Wildman–Crippen LogP) is 3.57. The second-order valence-corrected chi connectivity index (χ2v) is 4.38. The molecule has 114 valence electrons. The third-order valence-corrected chi connectivity index (χ3v) is 2.77. The van der Waals surface area contributed by atoms with Gasteiger partial charge in [0.25, 0.3) is 0 Å². The summed E-state index contributed by atoms with van der Waals surface area (Å²) in [5.74, 6) is -0.942. The minimum absolute atomic E-state index is 0.269. The average Bonchev–Trinajstić information content (AvgIpc) is 2.44. The van der Waals surface area contributed by atoms with E-state index < -0.39 is 11.9 Å². The molecule has 0 saturated heterocycles. The Bertz CT molecular complexity index is 331. The molecular formula is C16H26O4. The third-order valence-electron chi connectivity index (χ3n) is 2.77. The van der Waals surface area contributed by atoms with Gasteiger partial charge in [-0.15, -0.1) is 0 Å². The normalized spacial score (nSPS) is 12.2. The molecule has 0 saturated carbocycles. The fourth-order valence-electron chi connectivity index (χ4n) is 1.54. The van der Waals surface area contributed by atoms with Crippen molar-refractivity contribution < 1.29 is 19.1 Å². The molecule has 0 spiro atoms. The summed E-state index contributed by atoms with van der Waals surface area (Å²) in [6.45, 7) is 8.20. The fourth-order valence-corrected chi connectivity index (χ4v) is 1.54. The van der Waals surface area contributed by atoms with Crippen molar-refractivity contribution in [2.45, 2.75) is 53.4 Å². The van der Waals surface area contributed by atoms with Crippen molar-refractivity contribution in [3.63, 3.8) is 0 Å². The van der Waals surface area contributed by atoms with E-state index in [1.165, 1.54) is 0 Å². The Morgan fingerprint density at radius 1 is 0.800 bits per heavy atom. The summed E-state index contributed by atoms with van der Waals surface area (Å²) in [5, 5.41) is 0. The summed E-state index contributed by atoms with van der Waals surface area (Å²) in [4.78, 5) is 23.9. The molecule has 0 aliphatic carbocycles. The molecule has 0 radical (unpaired) electrons. The van der Waals surface area contributed by atoms with Crippen LogP contribution < -0.4 is 0 Å². The number of carbonyl (C=O) groups excluding carboxylic acids is 2. The van der Waals surface area contributed by atoms with Gasteiger partial charge in [0.1, 0.15) is 0 Å². The van der Waals surface area contributed by atoms with E-state index in [1.54, 1.807) is 26.0 Å². The van der Waals surface area contributed by atoms with E-state index in [9.17, 15) is 9.59 Å². The van der Waals surface area contributed by atoms with E-state index in [2.05, 4.69) is 0 Å². The average molecular weight is 282 g/mol. The maximum atomic E-state index is 11.9. The molecule has 0 rings (SSSR count). The van der Waals surface area contributed by atoms with Crippen molar-refractivity contribution in [1.29, 1.82) is 0 Å². The molecule has 4 heteroatoms. The van der Waals surface area contributed by atoms with Crippen molar-refractivity contribution >= 4 is 11.9 Å². The SMILES string of the molecule is CC=C(C(=O)OCCCC)C(=CC)C(=O)OCCCC. The third kappa shape index (κ3) is 6.55. The summed E-state index contributed by atoms with van der Waals surface area (Å²) < 4.78 is 10.3. The number of ether oxygens (including phenoxy) is 2. The molecular weight excluding hydrogens is 256 g/mol. The highest BCUT2D eigenvalue weighted by Gasteiger charge is 2.21. The summed E-state index contributed by atoms with van der Waals surface area (Å²) >= 11 is 0. The Labute approximate surface area is 121 Å². The molecule has 0 aliphatic rings. The highest BCUT2D eigenvalue weighted by atomic mass is 16.5. The van der Waals surface area contributed by atoms with Crippen molar-refractivity contribution in [1.82, 2.24) is 0 Å². The molecule has 0 bridgehead atoms. The number of unbranched alkanes of at least 4 members (excludes halogenated alkanes) is 2. The van der Waals surface area contributed by atoms with Gasteiger partial charge in [0.2, 0.25) is 0 Å². The van der Waals surface area contributed by atoms with Gasteiger partial charge in [-0.05, 0) is 26.7 Å². The summed E-state index contributed by atoms with van der Waals surface area (Å²) in [6, 6.07) is 0. The molecule has 0 heterocycles. The van der Waals surface area contributed by atoms with Crippen molar-refractivity contribution in [3.05, 3.63) is 23.3 Å². The Kier molecular flexibility index (Phi) is 10.4. The second-order valence-electron chi connectivity index (χ2n) is 4.38. The first-order chi connectivity index (χ1) is 9.62. The van der Waals surface area contributed by atoms with Crippen LogP contribution in [0.25, 0.3) is 0 Å². The zero-order valence-electron chi connectivity index (χ0n) is 13.0. The molecule has 4 nitrogen and oxygen atoms in total. The molecule has 0 N–H and O–H groups in total. The fraction of sp³-hybridized carbons (Fsp3) is 0.625. The van der Waals surface area contributed by atoms with Crippen LogP contribution in [-0.4, -0.2) is 25.2 Å². The van der Waals surface area contributed by atoms with Gasteiger partial charge in [0, 0.05) is 0 Å². The molecule has 0 aromatic carbocycles. The van der Waals surface area contributed by atoms with Crippen LogP contribution in [-0.2, 0) is 19.1 Å². The van der Waals surface area contributed by atoms with Crippen molar-refractivity contribution in [2.24, 2.45) is 0 Å². The van der Waals surface area contributed by atoms with Gasteiger partial charge < -0.3 is 9.47 Å². The minimum atomic E-state index is -0.471. The lowest BCUT2D eigenvalue weighted by atomic mass is 10.1. The highest BCUT2D eigenvalue weighted by Crippen LogP contribution is 2.14. The van der Waals surface area contributed by atoms with Gasteiger partial charge in [0.15, 0.2) is 0 Å². The maximum absolute atomic E-state index is 11.9. The molecule has 0 aromatic heterocycles. The van der Waals surface area contributed by atoms with Gasteiger partial charge in [-0.1, -0.05) is 38.8 Å². The van der Waals surface area contributed by atoms with E-state index in [1.807, 2.05) is 13.8 Å². The van der Waals surface area contributed by atoms with Crippen LogP contribution in [0.1, 0.15) is 53.4 Å². The molecule has 0 aromatic rings. The number of allylic oxidation sites excluding steroid dienone is 2. The monoisotopic (exact) mass is 282 g/mol. The lowest BCUT2D eigenvalue weighted by molar-refractivity contribution is -0.142. The van der Waals surface area contributed by atoms with E-state index in [0.29, 0.717) is 13.2 Å².